The second-order valence-corrected chi connectivity index (χ2v) is 6.93. The number of aromatic nitrogens is 1. The van der Waals surface area contributed by atoms with Gasteiger partial charge in [0.15, 0.2) is 5.78 Å². The first-order valence-corrected chi connectivity index (χ1v) is 8.51. The Balaban J connectivity index is 2.28. The van der Waals surface area contributed by atoms with E-state index < -0.39 is 0 Å². The molecule has 1 amide bonds. The van der Waals surface area contributed by atoms with Crippen LogP contribution in [-0.2, 0) is 0 Å². The molecule has 1 aromatic heterocycles. The maximum absolute atomic E-state index is 12.8. The fourth-order valence-electron chi connectivity index (χ4n) is 3.71. The predicted molar refractivity (Wildman–Crippen MR) is 89.9 cm³/mol. The van der Waals surface area contributed by atoms with Gasteiger partial charge in [0.05, 0.1) is 0 Å². The number of aliphatic hydroxyl groups is 1. The molecule has 1 saturated carbocycles. The molecule has 0 radical (unpaired) electrons. The summed E-state index contributed by atoms with van der Waals surface area (Å²) in [5.74, 6) is 0.0141. The molecule has 3 N–H and O–H groups in total. The maximum Gasteiger partial charge on any atom is 0.268 e. The van der Waals surface area contributed by atoms with Gasteiger partial charge in [-0.2, -0.15) is 0 Å². The third-order valence-corrected chi connectivity index (χ3v) is 4.84. The van der Waals surface area contributed by atoms with Crippen LogP contribution in [0.3, 0.4) is 0 Å². The Morgan fingerprint density at radius 1 is 1.30 bits per heavy atom. The number of Topliss-reactive ketones (excluding diaryl/α,β-unsaturated/α-hetero) is 1. The molecule has 5 nitrogen and oxygen atoms in total. The molecule has 1 heterocycles. The highest BCUT2D eigenvalue weighted by Crippen LogP contribution is 2.29. The highest BCUT2D eigenvalue weighted by molar-refractivity contribution is 6.03. The van der Waals surface area contributed by atoms with Crippen molar-refractivity contribution < 1.29 is 14.7 Å². The van der Waals surface area contributed by atoms with Crippen molar-refractivity contribution in [1.29, 1.82) is 0 Å². The van der Waals surface area contributed by atoms with E-state index in [0.29, 0.717) is 11.3 Å². The van der Waals surface area contributed by atoms with Crippen molar-refractivity contribution in [2.45, 2.75) is 65.3 Å². The van der Waals surface area contributed by atoms with E-state index in [9.17, 15) is 14.7 Å². The number of aliphatic hydroxyl groups excluding tert-OH is 1. The summed E-state index contributed by atoms with van der Waals surface area (Å²) in [6.07, 6.45) is 4.01. The first-order chi connectivity index (χ1) is 10.9. The SMILES string of the molecule is CC(=O)c1c(C)[nH]c(C(=O)NC2CCCCC2CO)c1C(C)C. The van der Waals surface area contributed by atoms with Crippen molar-refractivity contribution in [3.05, 3.63) is 22.5 Å². The van der Waals surface area contributed by atoms with Gasteiger partial charge in [0.25, 0.3) is 5.91 Å². The number of carbonyl (C=O) groups excluding carboxylic acids is 2. The zero-order valence-corrected chi connectivity index (χ0v) is 14.5. The number of aryl methyl sites for hydroxylation is 1. The summed E-state index contributed by atoms with van der Waals surface area (Å²) in [5.41, 5.74) is 2.66. The number of aromatic amines is 1. The van der Waals surface area contributed by atoms with E-state index in [0.717, 1.165) is 36.9 Å². The van der Waals surface area contributed by atoms with E-state index in [1.54, 1.807) is 0 Å². The largest absolute Gasteiger partial charge is 0.396 e. The molecule has 0 spiro atoms. The van der Waals surface area contributed by atoms with Crippen LogP contribution in [0.1, 0.15) is 84.5 Å². The molecule has 128 valence electrons. The quantitative estimate of drug-likeness (QED) is 0.730. The molecular weight excluding hydrogens is 292 g/mol. The molecule has 1 aliphatic carbocycles. The second kappa shape index (κ2) is 7.30. The Kier molecular flexibility index (Phi) is 5.63. The summed E-state index contributed by atoms with van der Waals surface area (Å²) in [6.45, 7) is 7.44. The number of carbonyl (C=O) groups is 2. The number of rotatable bonds is 5. The van der Waals surface area contributed by atoms with Gasteiger partial charge in [0.2, 0.25) is 0 Å². The normalized spacial score (nSPS) is 21.5. The van der Waals surface area contributed by atoms with E-state index in [4.69, 9.17) is 0 Å². The first kappa shape index (κ1) is 17.7. The summed E-state index contributed by atoms with van der Waals surface area (Å²) in [7, 11) is 0. The van der Waals surface area contributed by atoms with Crippen molar-refractivity contribution in [3.8, 4) is 0 Å². The summed E-state index contributed by atoms with van der Waals surface area (Å²) >= 11 is 0. The van der Waals surface area contributed by atoms with E-state index in [2.05, 4.69) is 10.3 Å². The molecule has 1 aromatic rings. The molecule has 1 fully saturated rings. The number of hydrogen-bond acceptors (Lipinski definition) is 3. The average molecular weight is 320 g/mol. The standard InChI is InChI=1S/C18H28N2O3/c1-10(2)15-16(12(4)22)11(3)19-17(15)18(23)20-14-8-6-5-7-13(14)9-21/h10,13-14,19,21H,5-9H2,1-4H3,(H,20,23). The minimum absolute atomic E-state index is 0.00523. The number of ketones is 1. The molecule has 2 rings (SSSR count). The highest BCUT2D eigenvalue weighted by atomic mass is 16.3. The monoisotopic (exact) mass is 320 g/mol. The molecule has 0 bridgehead atoms. The molecule has 0 saturated heterocycles. The molecule has 2 unspecified atom stereocenters. The predicted octanol–water partition coefficient (Wildman–Crippen LogP) is 2.93. The van der Waals surface area contributed by atoms with E-state index in [1.807, 2.05) is 20.8 Å². The Hall–Kier alpha value is -1.62. The first-order valence-electron chi connectivity index (χ1n) is 8.51. The molecule has 23 heavy (non-hydrogen) atoms. The molecule has 5 heteroatoms. The number of nitrogens with one attached hydrogen (secondary N) is 2. The van der Waals surface area contributed by atoms with E-state index in [-0.39, 0.29) is 36.2 Å². The molecule has 2 atom stereocenters. The lowest BCUT2D eigenvalue weighted by atomic mass is 9.85. The van der Waals surface area contributed by atoms with Crippen molar-refractivity contribution in [3.63, 3.8) is 0 Å². The third kappa shape index (κ3) is 3.66. The fourth-order valence-corrected chi connectivity index (χ4v) is 3.71. The van der Waals surface area contributed by atoms with Gasteiger partial charge in [-0.3, -0.25) is 9.59 Å². The van der Waals surface area contributed by atoms with Crippen LogP contribution in [-0.4, -0.2) is 34.4 Å². The van der Waals surface area contributed by atoms with Crippen LogP contribution in [0.2, 0.25) is 0 Å². The summed E-state index contributed by atoms with van der Waals surface area (Å²) in [5, 5.41) is 12.6. The number of amides is 1. The Bertz CT molecular complexity index is 589. The van der Waals surface area contributed by atoms with Gasteiger partial charge in [-0.05, 0) is 38.2 Å². The van der Waals surface area contributed by atoms with Gasteiger partial charge in [-0.25, -0.2) is 0 Å². The van der Waals surface area contributed by atoms with Crippen LogP contribution < -0.4 is 5.32 Å². The van der Waals surface area contributed by atoms with Crippen LogP contribution >= 0.6 is 0 Å². The summed E-state index contributed by atoms with van der Waals surface area (Å²) in [4.78, 5) is 27.8. The Morgan fingerprint density at radius 2 is 1.96 bits per heavy atom. The van der Waals surface area contributed by atoms with Crippen molar-refractivity contribution in [2.75, 3.05) is 6.61 Å². The van der Waals surface area contributed by atoms with Crippen molar-refractivity contribution in [1.82, 2.24) is 10.3 Å². The van der Waals surface area contributed by atoms with Gasteiger partial charge in [-0.1, -0.05) is 26.7 Å². The van der Waals surface area contributed by atoms with Gasteiger partial charge in [-0.15, -0.1) is 0 Å². The lowest BCUT2D eigenvalue weighted by molar-refractivity contribution is 0.0866. The minimum atomic E-state index is -0.172. The lowest BCUT2D eigenvalue weighted by Gasteiger charge is -2.30. The van der Waals surface area contributed by atoms with Crippen LogP contribution in [0.4, 0.5) is 0 Å². The fraction of sp³-hybridized carbons (Fsp3) is 0.667. The van der Waals surface area contributed by atoms with Crippen molar-refractivity contribution in [2.24, 2.45) is 5.92 Å². The zero-order valence-electron chi connectivity index (χ0n) is 14.5. The van der Waals surface area contributed by atoms with Crippen LogP contribution in [0.5, 0.6) is 0 Å². The second-order valence-electron chi connectivity index (χ2n) is 6.93. The van der Waals surface area contributed by atoms with Crippen LogP contribution in [0.25, 0.3) is 0 Å². The van der Waals surface area contributed by atoms with Crippen molar-refractivity contribution >= 4 is 11.7 Å². The maximum atomic E-state index is 12.8. The highest BCUT2D eigenvalue weighted by Gasteiger charge is 2.29. The zero-order chi connectivity index (χ0) is 17.1. The van der Waals surface area contributed by atoms with Gasteiger partial charge in [0, 0.05) is 29.8 Å². The molecule has 1 aliphatic rings. The number of hydrogen-bond donors (Lipinski definition) is 3. The third-order valence-electron chi connectivity index (χ3n) is 4.84. The Morgan fingerprint density at radius 3 is 2.52 bits per heavy atom. The van der Waals surface area contributed by atoms with Gasteiger partial charge >= 0.3 is 0 Å². The number of H-pyrrole nitrogens is 1. The molecule has 0 aromatic carbocycles. The summed E-state index contributed by atoms with van der Waals surface area (Å²) in [6, 6.07) is 0.00523. The van der Waals surface area contributed by atoms with Crippen LogP contribution in [0.15, 0.2) is 0 Å². The Labute approximate surface area is 137 Å². The van der Waals surface area contributed by atoms with E-state index in [1.165, 1.54) is 6.92 Å². The minimum Gasteiger partial charge on any atom is -0.396 e. The van der Waals surface area contributed by atoms with Gasteiger partial charge < -0.3 is 15.4 Å². The lowest BCUT2D eigenvalue weighted by Crippen LogP contribution is -2.43. The topological polar surface area (TPSA) is 82.2 Å². The smallest absolute Gasteiger partial charge is 0.268 e. The summed E-state index contributed by atoms with van der Waals surface area (Å²) < 4.78 is 0. The van der Waals surface area contributed by atoms with Gasteiger partial charge in [0.1, 0.15) is 5.69 Å². The average Bonchev–Trinajstić information content (AvgIpc) is 2.85. The van der Waals surface area contributed by atoms with E-state index >= 15 is 0 Å². The molecule has 0 aliphatic heterocycles. The molecular formula is C18H28N2O3. The van der Waals surface area contributed by atoms with Crippen LogP contribution in [0, 0.1) is 12.8 Å².